The minimum absolute atomic E-state index is 0.0522. The third-order valence-corrected chi connectivity index (χ3v) is 4.93. The van der Waals surface area contributed by atoms with E-state index in [1.807, 2.05) is 9.80 Å². The van der Waals surface area contributed by atoms with Crippen LogP contribution < -0.4 is 0 Å². The Morgan fingerprint density at radius 1 is 0.952 bits per heavy atom. The molecule has 2 saturated heterocycles. The van der Waals surface area contributed by atoms with Crippen LogP contribution in [0.2, 0.25) is 0 Å². The Morgan fingerprint density at radius 3 is 2.29 bits per heavy atom. The molecule has 0 spiro atoms. The Labute approximate surface area is 125 Å². The zero-order valence-corrected chi connectivity index (χ0v) is 12.5. The summed E-state index contributed by atoms with van der Waals surface area (Å²) in [5, 5.41) is 9.02. The fourth-order valence-corrected chi connectivity index (χ4v) is 3.57. The quantitative estimate of drug-likeness (QED) is 0.850. The molecule has 1 saturated carbocycles. The average Bonchev–Trinajstić information content (AvgIpc) is 3.31. The first-order valence-corrected chi connectivity index (χ1v) is 8.16. The van der Waals surface area contributed by atoms with E-state index in [1.54, 1.807) is 0 Å². The summed E-state index contributed by atoms with van der Waals surface area (Å²) in [7, 11) is 0. The van der Waals surface area contributed by atoms with E-state index in [0.29, 0.717) is 6.54 Å². The molecule has 2 amide bonds. The number of carboxylic acids is 1. The number of amides is 2. The van der Waals surface area contributed by atoms with Gasteiger partial charge in [0.25, 0.3) is 0 Å². The number of urea groups is 1. The molecule has 1 N–H and O–H groups in total. The third-order valence-electron chi connectivity index (χ3n) is 4.93. The molecule has 3 rings (SSSR count). The Morgan fingerprint density at radius 2 is 1.67 bits per heavy atom. The summed E-state index contributed by atoms with van der Waals surface area (Å²) < 4.78 is 0. The van der Waals surface area contributed by atoms with Crippen molar-refractivity contribution in [3.05, 3.63) is 0 Å². The van der Waals surface area contributed by atoms with E-state index in [1.165, 1.54) is 12.8 Å². The molecule has 2 heterocycles. The monoisotopic (exact) mass is 295 g/mol. The summed E-state index contributed by atoms with van der Waals surface area (Å²) in [4.78, 5) is 29.9. The lowest BCUT2D eigenvalue weighted by Gasteiger charge is -2.41. The van der Waals surface area contributed by atoms with Crippen molar-refractivity contribution in [2.75, 3.05) is 32.7 Å². The molecule has 118 valence electrons. The number of nitrogens with zero attached hydrogens (tertiary/aromatic N) is 3. The molecule has 0 radical (unpaired) electrons. The van der Waals surface area contributed by atoms with Gasteiger partial charge in [-0.25, -0.2) is 4.79 Å². The predicted molar refractivity (Wildman–Crippen MR) is 78.2 cm³/mol. The van der Waals surface area contributed by atoms with Gasteiger partial charge in [-0.05, 0) is 32.1 Å². The summed E-state index contributed by atoms with van der Waals surface area (Å²) in [6.07, 6.45) is 5.52. The minimum atomic E-state index is -0.807. The van der Waals surface area contributed by atoms with E-state index in [2.05, 4.69) is 4.90 Å². The highest BCUT2D eigenvalue weighted by Crippen LogP contribution is 2.28. The van der Waals surface area contributed by atoms with Crippen molar-refractivity contribution in [2.24, 2.45) is 0 Å². The number of likely N-dealkylation sites (tertiary alicyclic amines) is 1. The average molecular weight is 295 g/mol. The summed E-state index contributed by atoms with van der Waals surface area (Å²) in [6, 6.07) is 0.693. The fraction of sp³-hybridized carbons (Fsp3) is 0.867. The lowest BCUT2D eigenvalue weighted by Crippen LogP contribution is -2.56. The van der Waals surface area contributed by atoms with Crippen molar-refractivity contribution >= 4 is 12.0 Å². The van der Waals surface area contributed by atoms with Crippen molar-refractivity contribution in [2.45, 2.75) is 50.6 Å². The first-order chi connectivity index (χ1) is 10.1. The molecule has 21 heavy (non-hydrogen) atoms. The normalized spacial score (nSPS) is 27.7. The summed E-state index contributed by atoms with van der Waals surface area (Å²) in [6.45, 7) is 4.21. The maximum absolute atomic E-state index is 12.7. The Hall–Kier alpha value is -1.30. The first-order valence-electron chi connectivity index (χ1n) is 8.16. The van der Waals surface area contributed by atoms with E-state index in [4.69, 9.17) is 5.11 Å². The smallest absolute Gasteiger partial charge is 0.320 e. The fourth-order valence-electron chi connectivity index (χ4n) is 3.57. The number of piperazine rings is 1. The Bertz CT molecular complexity index is 403. The lowest BCUT2D eigenvalue weighted by molar-refractivity contribution is -0.138. The lowest BCUT2D eigenvalue weighted by atomic mass is 10.00. The highest BCUT2D eigenvalue weighted by atomic mass is 16.4. The van der Waals surface area contributed by atoms with Gasteiger partial charge in [0.15, 0.2) is 0 Å². The molecule has 1 atom stereocenters. The minimum Gasteiger partial charge on any atom is -0.481 e. The molecule has 2 aliphatic heterocycles. The second-order valence-electron chi connectivity index (χ2n) is 6.48. The number of hydrogen-bond acceptors (Lipinski definition) is 3. The zero-order chi connectivity index (χ0) is 14.8. The molecule has 3 aliphatic rings. The van der Waals surface area contributed by atoms with Gasteiger partial charge >= 0.3 is 12.0 Å². The SMILES string of the molecule is O=C(O)CC1CCCCN1C(=O)N1CCN(C2CC2)CC1. The molecule has 0 aromatic heterocycles. The molecular weight excluding hydrogens is 270 g/mol. The molecule has 3 fully saturated rings. The van der Waals surface area contributed by atoms with Crippen molar-refractivity contribution in [3.63, 3.8) is 0 Å². The Balaban J connectivity index is 1.56. The van der Waals surface area contributed by atoms with E-state index < -0.39 is 5.97 Å². The van der Waals surface area contributed by atoms with Gasteiger partial charge in [-0.3, -0.25) is 9.69 Å². The van der Waals surface area contributed by atoms with Crippen LogP contribution in [0.3, 0.4) is 0 Å². The number of piperidine rings is 1. The van der Waals surface area contributed by atoms with Crippen LogP contribution in [0.15, 0.2) is 0 Å². The predicted octanol–water partition coefficient (Wildman–Crippen LogP) is 1.22. The number of carbonyl (C=O) groups excluding carboxylic acids is 1. The number of aliphatic carboxylic acids is 1. The molecule has 1 aliphatic carbocycles. The first kappa shape index (κ1) is 14.6. The molecule has 6 heteroatoms. The van der Waals surface area contributed by atoms with Gasteiger partial charge in [0, 0.05) is 44.8 Å². The highest BCUT2D eigenvalue weighted by Gasteiger charge is 2.35. The maximum Gasteiger partial charge on any atom is 0.320 e. The summed E-state index contributed by atoms with van der Waals surface area (Å²) in [5.41, 5.74) is 0. The van der Waals surface area contributed by atoms with Crippen LogP contribution in [-0.2, 0) is 4.79 Å². The molecule has 6 nitrogen and oxygen atoms in total. The van der Waals surface area contributed by atoms with Crippen LogP contribution in [-0.4, -0.2) is 76.6 Å². The van der Waals surface area contributed by atoms with Gasteiger partial charge in [0.1, 0.15) is 0 Å². The molecule has 0 aromatic rings. The van der Waals surface area contributed by atoms with Gasteiger partial charge in [0.05, 0.1) is 6.42 Å². The van der Waals surface area contributed by atoms with Crippen LogP contribution in [0.4, 0.5) is 4.79 Å². The number of hydrogen-bond donors (Lipinski definition) is 1. The van der Waals surface area contributed by atoms with E-state index in [9.17, 15) is 9.59 Å². The highest BCUT2D eigenvalue weighted by molar-refractivity contribution is 5.76. The third kappa shape index (κ3) is 3.48. The van der Waals surface area contributed by atoms with Crippen LogP contribution in [0, 0.1) is 0 Å². The van der Waals surface area contributed by atoms with Crippen molar-refractivity contribution in [1.29, 1.82) is 0 Å². The second-order valence-corrected chi connectivity index (χ2v) is 6.48. The van der Waals surface area contributed by atoms with Gasteiger partial charge in [0.2, 0.25) is 0 Å². The number of rotatable bonds is 3. The molecule has 0 aromatic carbocycles. The Kier molecular flexibility index (Phi) is 4.33. The maximum atomic E-state index is 12.7. The van der Waals surface area contributed by atoms with Gasteiger partial charge in [-0.2, -0.15) is 0 Å². The number of carbonyl (C=O) groups is 2. The van der Waals surface area contributed by atoms with Gasteiger partial charge < -0.3 is 14.9 Å². The van der Waals surface area contributed by atoms with Crippen molar-refractivity contribution in [3.8, 4) is 0 Å². The zero-order valence-electron chi connectivity index (χ0n) is 12.5. The van der Waals surface area contributed by atoms with Crippen LogP contribution >= 0.6 is 0 Å². The van der Waals surface area contributed by atoms with Crippen LogP contribution in [0.1, 0.15) is 38.5 Å². The second kappa shape index (κ2) is 6.22. The van der Waals surface area contributed by atoms with Crippen LogP contribution in [0.5, 0.6) is 0 Å². The largest absolute Gasteiger partial charge is 0.481 e. The standard InChI is InChI=1S/C15H25N3O3/c19-14(20)11-13-3-1-2-6-18(13)15(21)17-9-7-16(8-10-17)12-4-5-12/h12-13H,1-11H2,(H,19,20). The van der Waals surface area contributed by atoms with E-state index in [0.717, 1.165) is 51.5 Å². The van der Waals surface area contributed by atoms with E-state index >= 15 is 0 Å². The summed E-state index contributed by atoms with van der Waals surface area (Å²) in [5.74, 6) is -0.807. The molecule has 0 bridgehead atoms. The van der Waals surface area contributed by atoms with Gasteiger partial charge in [-0.15, -0.1) is 0 Å². The molecule has 1 unspecified atom stereocenters. The number of carboxylic acid groups (broad SMARTS) is 1. The van der Waals surface area contributed by atoms with E-state index in [-0.39, 0.29) is 18.5 Å². The van der Waals surface area contributed by atoms with Crippen molar-refractivity contribution in [1.82, 2.24) is 14.7 Å². The summed E-state index contributed by atoms with van der Waals surface area (Å²) >= 11 is 0. The van der Waals surface area contributed by atoms with Crippen LogP contribution in [0.25, 0.3) is 0 Å². The molecular formula is C15H25N3O3. The topological polar surface area (TPSA) is 64.1 Å². The van der Waals surface area contributed by atoms with Crippen molar-refractivity contribution < 1.29 is 14.7 Å². The van der Waals surface area contributed by atoms with Gasteiger partial charge in [-0.1, -0.05) is 0 Å².